The lowest BCUT2D eigenvalue weighted by Gasteiger charge is -2.16. The summed E-state index contributed by atoms with van der Waals surface area (Å²) in [5.41, 5.74) is 2.25. The van der Waals surface area contributed by atoms with E-state index in [1.807, 2.05) is 13.0 Å². The molecule has 1 atom stereocenters. The lowest BCUT2D eigenvalue weighted by Crippen LogP contribution is -2.13. The Morgan fingerprint density at radius 3 is 2.43 bits per heavy atom. The lowest BCUT2D eigenvalue weighted by atomic mass is 10.1. The van der Waals surface area contributed by atoms with Gasteiger partial charge in [-0.2, -0.15) is 5.26 Å². The Morgan fingerprint density at radius 1 is 1.19 bits per heavy atom. The van der Waals surface area contributed by atoms with E-state index in [0.29, 0.717) is 5.56 Å². The largest absolute Gasteiger partial charge is 0.379 e. The Labute approximate surface area is 124 Å². The molecular formula is C15H15N3O2S. The van der Waals surface area contributed by atoms with E-state index in [4.69, 9.17) is 10.4 Å². The van der Waals surface area contributed by atoms with Crippen LogP contribution < -0.4 is 10.5 Å². The van der Waals surface area contributed by atoms with Gasteiger partial charge in [-0.25, -0.2) is 13.6 Å². The van der Waals surface area contributed by atoms with Gasteiger partial charge < -0.3 is 5.32 Å². The zero-order valence-electron chi connectivity index (χ0n) is 11.4. The van der Waals surface area contributed by atoms with E-state index < -0.39 is 10.0 Å². The molecule has 2 aromatic carbocycles. The highest BCUT2D eigenvalue weighted by Crippen LogP contribution is 2.21. The van der Waals surface area contributed by atoms with Crippen LogP contribution in [0.5, 0.6) is 0 Å². The first-order chi connectivity index (χ1) is 9.90. The molecule has 0 aliphatic rings. The molecule has 0 saturated carbocycles. The smallest absolute Gasteiger partial charge is 0.238 e. The van der Waals surface area contributed by atoms with Gasteiger partial charge in [0.15, 0.2) is 0 Å². The molecule has 2 rings (SSSR count). The monoisotopic (exact) mass is 301 g/mol. The predicted octanol–water partition coefficient (Wildman–Crippen LogP) is 2.38. The fraction of sp³-hybridized carbons (Fsp3) is 0.133. The fourth-order valence-corrected chi connectivity index (χ4v) is 2.50. The molecule has 108 valence electrons. The maximum absolute atomic E-state index is 11.4. The van der Waals surface area contributed by atoms with Crippen LogP contribution in [0.4, 0.5) is 5.69 Å². The summed E-state index contributed by atoms with van der Waals surface area (Å²) in [5, 5.41) is 17.1. The van der Waals surface area contributed by atoms with Gasteiger partial charge in [-0.15, -0.1) is 0 Å². The molecule has 2 aromatic rings. The third-order valence-electron chi connectivity index (χ3n) is 3.08. The van der Waals surface area contributed by atoms with Crippen molar-refractivity contribution in [2.75, 3.05) is 5.32 Å². The van der Waals surface area contributed by atoms with Crippen LogP contribution in [0, 0.1) is 11.3 Å². The van der Waals surface area contributed by atoms with Crippen molar-refractivity contribution in [2.45, 2.75) is 17.9 Å². The zero-order chi connectivity index (χ0) is 15.5. The van der Waals surface area contributed by atoms with Crippen molar-refractivity contribution >= 4 is 15.7 Å². The van der Waals surface area contributed by atoms with Crippen molar-refractivity contribution in [3.8, 4) is 6.07 Å². The van der Waals surface area contributed by atoms with Crippen molar-refractivity contribution in [3.63, 3.8) is 0 Å². The Kier molecular flexibility index (Phi) is 4.26. The standard InChI is InChI=1S/C15H15N3O2S/c1-11(18-14-7-5-12(10-16)6-8-14)13-3-2-4-15(9-13)21(17,19)20/h2-9,11,18H,1H3,(H2,17,19,20). The van der Waals surface area contributed by atoms with Crippen molar-refractivity contribution in [1.29, 1.82) is 5.26 Å². The van der Waals surface area contributed by atoms with Gasteiger partial charge in [0.1, 0.15) is 0 Å². The van der Waals surface area contributed by atoms with Crippen LogP contribution >= 0.6 is 0 Å². The number of sulfonamides is 1. The second kappa shape index (κ2) is 5.95. The summed E-state index contributed by atoms with van der Waals surface area (Å²) >= 11 is 0. The number of hydrogen-bond donors (Lipinski definition) is 2. The number of primary sulfonamides is 1. The van der Waals surface area contributed by atoms with E-state index in [2.05, 4.69) is 11.4 Å². The molecule has 0 aliphatic carbocycles. The highest BCUT2D eigenvalue weighted by Gasteiger charge is 2.11. The first-order valence-electron chi connectivity index (χ1n) is 6.29. The van der Waals surface area contributed by atoms with Crippen LogP contribution in [-0.2, 0) is 10.0 Å². The molecule has 0 fully saturated rings. The van der Waals surface area contributed by atoms with Crippen molar-refractivity contribution in [2.24, 2.45) is 5.14 Å². The highest BCUT2D eigenvalue weighted by molar-refractivity contribution is 7.89. The normalized spacial score (nSPS) is 12.4. The molecule has 3 N–H and O–H groups in total. The summed E-state index contributed by atoms with van der Waals surface area (Å²) in [6.07, 6.45) is 0. The molecule has 0 amide bonds. The van der Waals surface area contributed by atoms with Crippen molar-refractivity contribution in [1.82, 2.24) is 0 Å². The Morgan fingerprint density at radius 2 is 1.86 bits per heavy atom. The zero-order valence-corrected chi connectivity index (χ0v) is 12.3. The minimum absolute atomic E-state index is 0.0912. The number of anilines is 1. The minimum atomic E-state index is -3.70. The van der Waals surface area contributed by atoms with E-state index in [1.165, 1.54) is 6.07 Å². The van der Waals surface area contributed by atoms with Gasteiger partial charge in [0.25, 0.3) is 0 Å². The molecule has 21 heavy (non-hydrogen) atoms. The third-order valence-corrected chi connectivity index (χ3v) is 3.99. The van der Waals surface area contributed by atoms with Crippen LogP contribution in [0.25, 0.3) is 0 Å². The van der Waals surface area contributed by atoms with E-state index in [0.717, 1.165) is 11.3 Å². The molecule has 0 spiro atoms. The van der Waals surface area contributed by atoms with Gasteiger partial charge in [0, 0.05) is 11.7 Å². The second-order valence-corrected chi connectivity index (χ2v) is 6.23. The Balaban J connectivity index is 2.20. The van der Waals surface area contributed by atoms with Gasteiger partial charge in [-0.3, -0.25) is 0 Å². The molecule has 0 heterocycles. The number of nitrogens with zero attached hydrogens (tertiary/aromatic N) is 1. The van der Waals surface area contributed by atoms with Gasteiger partial charge in [-0.05, 0) is 48.9 Å². The van der Waals surface area contributed by atoms with Crippen LogP contribution in [0.3, 0.4) is 0 Å². The number of hydrogen-bond acceptors (Lipinski definition) is 4. The topological polar surface area (TPSA) is 96.0 Å². The van der Waals surface area contributed by atoms with Crippen LogP contribution in [0.1, 0.15) is 24.1 Å². The van der Waals surface area contributed by atoms with Crippen LogP contribution in [0.2, 0.25) is 0 Å². The first-order valence-corrected chi connectivity index (χ1v) is 7.84. The van der Waals surface area contributed by atoms with Crippen molar-refractivity contribution in [3.05, 3.63) is 59.7 Å². The predicted molar refractivity (Wildman–Crippen MR) is 81.0 cm³/mol. The molecule has 0 saturated heterocycles. The molecule has 6 heteroatoms. The number of nitrogens with one attached hydrogen (secondary N) is 1. The summed E-state index contributed by atoms with van der Waals surface area (Å²) in [6.45, 7) is 1.92. The van der Waals surface area contributed by atoms with Gasteiger partial charge in [0.2, 0.25) is 10.0 Å². The van der Waals surface area contributed by atoms with Gasteiger partial charge in [0.05, 0.1) is 16.5 Å². The summed E-state index contributed by atoms with van der Waals surface area (Å²) < 4.78 is 22.7. The summed E-state index contributed by atoms with van der Waals surface area (Å²) in [7, 11) is -3.70. The quantitative estimate of drug-likeness (QED) is 0.906. The first kappa shape index (κ1) is 15.0. The SMILES string of the molecule is CC(Nc1ccc(C#N)cc1)c1cccc(S(N)(=O)=O)c1. The average molecular weight is 301 g/mol. The third kappa shape index (κ3) is 3.81. The molecule has 0 bridgehead atoms. The Bertz CT molecular complexity index is 777. The van der Waals surface area contributed by atoms with E-state index in [9.17, 15) is 8.42 Å². The lowest BCUT2D eigenvalue weighted by molar-refractivity contribution is 0.597. The molecular weight excluding hydrogens is 286 g/mol. The maximum atomic E-state index is 11.4. The van der Waals surface area contributed by atoms with Crippen molar-refractivity contribution < 1.29 is 8.42 Å². The number of rotatable bonds is 4. The fourth-order valence-electron chi connectivity index (χ4n) is 1.94. The summed E-state index contributed by atoms with van der Waals surface area (Å²) in [5.74, 6) is 0. The van der Waals surface area contributed by atoms with E-state index >= 15 is 0 Å². The van der Waals surface area contributed by atoms with Crippen LogP contribution in [0.15, 0.2) is 53.4 Å². The molecule has 0 radical (unpaired) electrons. The molecule has 0 aromatic heterocycles. The van der Waals surface area contributed by atoms with Gasteiger partial charge in [-0.1, -0.05) is 12.1 Å². The molecule has 5 nitrogen and oxygen atoms in total. The molecule has 0 aliphatic heterocycles. The Hall–Kier alpha value is -2.36. The summed E-state index contributed by atoms with van der Waals surface area (Å²) in [6, 6.07) is 15.5. The van der Waals surface area contributed by atoms with E-state index in [-0.39, 0.29) is 10.9 Å². The number of nitrogens with two attached hydrogens (primary N) is 1. The number of nitriles is 1. The second-order valence-electron chi connectivity index (χ2n) is 4.67. The van der Waals surface area contributed by atoms with Gasteiger partial charge >= 0.3 is 0 Å². The number of benzene rings is 2. The molecule has 1 unspecified atom stereocenters. The minimum Gasteiger partial charge on any atom is -0.379 e. The van der Waals surface area contributed by atoms with E-state index in [1.54, 1.807) is 36.4 Å². The maximum Gasteiger partial charge on any atom is 0.238 e. The summed E-state index contributed by atoms with van der Waals surface area (Å²) in [4.78, 5) is 0.0912. The average Bonchev–Trinajstić information content (AvgIpc) is 2.47. The highest BCUT2D eigenvalue weighted by atomic mass is 32.2. The van der Waals surface area contributed by atoms with Crippen LogP contribution in [-0.4, -0.2) is 8.42 Å².